The van der Waals surface area contributed by atoms with E-state index in [0.717, 1.165) is 71.0 Å². The topological polar surface area (TPSA) is 139 Å². The molecule has 5 aliphatic carbocycles. The van der Waals surface area contributed by atoms with E-state index < -0.39 is 24.2 Å². The molecule has 5 N–H and O–H groups in total. The smallest absolute Gasteiger partial charge is 0.240 e. The van der Waals surface area contributed by atoms with Gasteiger partial charge in [-0.3, -0.25) is 14.4 Å². The maximum absolute atomic E-state index is 14.4. The highest BCUT2D eigenvalue weighted by atomic mass is 16.7. The Balaban J connectivity index is 1.15. The number of aliphatic hydroxyl groups is 2. The van der Waals surface area contributed by atoms with Crippen LogP contribution in [0.1, 0.15) is 98.3 Å². The van der Waals surface area contributed by atoms with Crippen molar-refractivity contribution in [3.8, 4) is 0 Å². The van der Waals surface area contributed by atoms with Crippen molar-refractivity contribution in [1.82, 2.24) is 30.8 Å². The summed E-state index contributed by atoms with van der Waals surface area (Å²) in [7, 11) is 10.3. The quantitative estimate of drug-likeness (QED) is 0.168. The number of ether oxygens (including phenoxy) is 1. The van der Waals surface area contributed by atoms with Gasteiger partial charge in [-0.25, -0.2) is 0 Å². The van der Waals surface area contributed by atoms with E-state index in [1.807, 2.05) is 7.11 Å². The van der Waals surface area contributed by atoms with Crippen LogP contribution in [0, 0.1) is 58.7 Å². The minimum Gasteiger partial charge on any atom is -0.394 e. The van der Waals surface area contributed by atoms with Crippen LogP contribution in [0.5, 0.6) is 0 Å². The lowest BCUT2D eigenvalue weighted by molar-refractivity contribution is -0.193. The number of aliphatic hydroxyl groups excluding tert-OH is 2. The summed E-state index contributed by atoms with van der Waals surface area (Å²) in [4.78, 5) is 39.6. The first-order valence-electron chi connectivity index (χ1n) is 22.5. The van der Waals surface area contributed by atoms with Crippen LogP contribution in [0.3, 0.4) is 0 Å². The largest absolute Gasteiger partial charge is 0.394 e. The number of carbonyl (C=O) groups is 2. The zero-order valence-corrected chi connectivity index (χ0v) is 36.4. The minimum absolute atomic E-state index is 0.0531. The van der Waals surface area contributed by atoms with Crippen LogP contribution in [0.2, 0.25) is 0 Å². The van der Waals surface area contributed by atoms with Crippen molar-refractivity contribution < 1.29 is 29.4 Å². The number of amides is 2. The summed E-state index contributed by atoms with van der Waals surface area (Å²) in [6.45, 7) is 11.9. The summed E-state index contributed by atoms with van der Waals surface area (Å²) in [5.41, 5.74) is 0.315. The van der Waals surface area contributed by atoms with Gasteiger partial charge in [-0.1, -0.05) is 27.2 Å². The predicted molar refractivity (Wildman–Crippen MR) is 219 cm³/mol. The van der Waals surface area contributed by atoms with Gasteiger partial charge in [0.1, 0.15) is 12.1 Å². The van der Waals surface area contributed by atoms with E-state index in [-0.39, 0.29) is 54.4 Å². The molecule has 322 valence electrons. The number of fused-ring (bicyclic) bond motifs is 2. The summed E-state index contributed by atoms with van der Waals surface area (Å²) >= 11 is 0. The molecule has 2 amide bonds. The van der Waals surface area contributed by atoms with Gasteiger partial charge in [-0.2, -0.15) is 5.06 Å². The summed E-state index contributed by atoms with van der Waals surface area (Å²) in [6.07, 6.45) is 9.83. The van der Waals surface area contributed by atoms with E-state index in [2.05, 4.69) is 74.7 Å². The average Bonchev–Trinajstić information content (AvgIpc) is 3.53. The molecule has 2 heterocycles. The highest BCUT2D eigenvalue weighted by Gasteiger charge is 2.58. The Morgan fingerprint density at radius 1 is 1.02 bits per heavy atom. The minimum atomic E-state index is -0.827. The van der Waals surface area contributed by atoms with Crippen molar-refractivity contribution >= 4 is 11.8 Å². The van der Waals surface area contributed by atoms with E-state index in [9.17, 15) is 19.8 Å². The summed E-state index contributed by atoms with van der Waals surface area (Å²) in [5.74, 6) is 2.43. The molecular weight excluding hydrogens is 709 g/mol. The zero-order chi connectivity index (χ0) is 40.5. The lowest BCUT2D eigenvalue weighted by Gasteiger charge is -2.62. The molecule has 6 unspecified atom stereocenters. The molecule has 7 aliphatic rings. The first kappa shape index (κ1) is 44.2. The SMILES string of the molecule is COC1C(CN2O[C@@H](CO)[C@H]([C@H](C)O)[C@H]2C(=O)N[C@H]2C[C@H]3C[C@@H]([C@@H]2C)C3(C)C)CCCC1C1CC(C(=O)N[C@@H](CC2CCNCC2)CN(C)C)CC(N(C)C)C1. The number of nitrogens with one attached hydrogen (secondary N) is 3. The third-order valence-corrected chi connectivity index (χ3v) is 16.2. The Labute approximate surface area is 338 Å². The maximum Gasteiger partial charge on any atom is 0.240 e. The van der Waals surface area contributed by atoms with Gasteiger partial charge >= 0.3 is 0 Å². The second-order valence-electron chi connectivity index (χ2n) is 20.5. The number of hydrogen-bond acceptors (Lipinski definition) is 10. The van der Waals surface area contributed by atoms with Crippen molar-refractivity contribution in [2.75, 3.05) is 68.1 Å². The molecule has 2 saturated heterocycles. The number of likely N-dealkylation sites (N-methyl/N-ethyl adjacent to an activating group) is 1. The molecule has 0 aromatic carbocycles. The van der Waals surface area contributed by atoms with Gasteiger partial charge in [-0.05, 0) is 153 Å². The highest BCUT2D eigenvalue weighted by Crippen LogP contribution is 2.61. The molecule has 0 aromatic rings. The molecule has 0 spiro atoms. The molecule has 0 radical (unpaired) electrons. The molecule has 12 nitrogen and oxygen atoms in total. The molecule has 56 heavy (non-hydrogen) atoms. The molecule has 2 aliphatic heterocycles. The fraction of sp³-hybridized carbons (Fsp3) is 0.955. The van der Waals surface area contributed by atoms with Gasteiger partial charge in [0.25, 0.3) is 0 Å². The van der Waals surface area contributed by atoms with Gasteiger partial charge in [0.15, 0.2) is 0 Å². The Morgan fingerprint density at radius 2 is 1.75 bits per heavy atom. The molecule has 7 rings (SSSR count). The van der Waals surface area contributed by atoms with Crippen LogP contribution in [0.15, 0.2) is 0 Å². The van der Waals surface area contributed by atoms with Crippen LogP contribution in [0.4, 0.5) is 0 Å². The number of piperidine rings is 1. The lowest BCUT2D eigenvalue weighted by atomic mass is 9.45. The van der Waals surface area contributed by atoms with E-state index in [4.69, 9.17) is 9.57 Å². The van der Waals surface area contributed by atoms with Crippen LogP contribution < -0.4 is 16.0 Å². The zero-order valence-electron chi connectivity index (χ0n) is 36.4. The van der Waals surface area contributed by atoms with Crippen molar-refractivity contribution in [3.05, 3.63) is 0 Å². The molecule has 7 fully saturated rings. The number of nitrogens with zero attached hydrogens (tertiary/aromatic N) is 3. The van der Waals surface area contributed by atoms with Crippen molar-refractivity contribution in [2.24, 2.45) is 58.7 Å². The number of hydrogen-bond donors (Lipinski definition) is 5. The monoisotopic (exact) mass is 789 g/mol. The molecule has 0 aromatic heterocycles. The maximum atomic E-state index is 14.4. The summed E-state index contributed by atoms with van der Waals surface area (Å²) in [5, 5.41) is 33.8. The van der Waals surface area contributed by atoms with Crippen LogP contribution in [-0.4, -0.2) is 147 Å². The van der Waals surface area contributed by atoms with E-state index in [1.54, 1.807) is 12.0 Å². The van der Waals surface area contributed by atoms with Gasteiger partial charge < -0.3 is 40.7 Å². The number of rotatable bonds is 15. The van der Waals surface area contributed by atoms with E-state index in [1.165, 1.54) is 19.3 Å². The van der Waals surface area contributed by atoms with Crippen LogP contribution in [-0.2, 0) is 19.2 Å². The average molecular weight is 789 g/mol. The highest BCUT2D eigenvalue weighted by molar-refractivity contribution is 5.83. The molecule has 12 heteroatoms. The predicted octanol–water partition coefficient (Wildman–Crippen LogP) is 3.36. The Morgan fingerprint density at radius 3 is 2.36 bits per heavy atom. The normalized spacial score (nSPS) is 40.3. The fourth-order valence-electron chi connectivity index (χ4n) is 12.9. The van der Waals surface area contributed by atoms with E-state index in [0.29, 0.717) is 47.6 Å². The third kappa shape index (κ3) is 9.64. The fourth-order valence-corrected chi connectivity index (χ4v) is 12.9. The van der Waals surface area contributed by atoms with Gasteiger partial charge in [-0.15, -0.1) is 0 Å². The van der Waals surface area contributed by atoms with Crippen LogP contribution in [0.25, 0.3) is 0 Å². The molecule has 5 saturated carbocycles. The second-order valence-corrected chi connectivity index (χ2v) is 20.5. The summed E-state index contributed by atoms with van der Waals surface area (Å²) < 4.78 is 6.45. The van der Waals surface area contributed by atoms with Crippen molar-refractivity contribution in [3.63, 3.8) is 0 Å². The molecular formula is C44H80N6O6. The molecule has 2 bridgehead atoms. The third-order valence-electron chi connectivity index (χ3n) is 16.2. The Bertz CT molecular complexity index is 1290. The second kappa shape index (κ2) is 18.9. The van der Waals surface area contributed by atoms with Crippen molar-refractivity contribution in [1.29, 1.82) is 0 Å². The summed E-state index contributed by atoms with van der Waals surface area (Å²) in [6, 6.07) is -0.157. The standard InChI is InChI=1S/C44H80N6O6/c1-26-36-21-32(44(36,3)4)22-37(26)47-43(54)40-39(27(2)52)38(25-51)56-50(40)23-29-11-10-12-35(41(29)55-9)30-18-31(20-34(19-30)49(7)8)42(53)46-33(24-48(5)6)17-28-13-15-45-16-14-28/h26-41,45,51-52H,10-25H2,1-9H3,(H,46,53)(H,47,54)/t26-,27-,29?,30?,31?,32+,33-,34?,35?,36-,37-,38-,39-,40-,41?/m0/s1. The van der Waals surface area contributed by atoms with Gasteiger partial charge in [0, 0.05) is 56.1 Å². The lowest BCUT2D eigenvalue weighted by Crippen LogP contribution is -2.62. The van der Waals surface area contributed by atoms with E-state index >= 15 is 0 Å². The van der Waals surface area contributed by atoms with Gasteiger partial charge in [0.2, 0.25) is 11.8 Å². The van der Waals surface area contributed by atoms with Crippen LogP contribution >= 0.6 is 0 Å². The van der Waals surface area contributed by atoms with Gasteiger partial charge in [0.05, 0.1) is 18.8 Å². The first-order chi connectivity index (χ1) is 26.6. The number of hydroxylamine groups is 2. The first-order valence-corrected chi connectivity index (χ1v) is 22.5. The number of carbonyl (C=O) groups excluding carboxylic acids is 2. The Kier molecular flexibility index (Phi) is 14.9. The van der Waals surface area contributed by atoms with Crippen molar-refractivity contribution in [2.45, 2.75) is 141 Å². The number of methoxy groups -OCH3 is 1. The Hall–Kier alpha value is -1.38. The molecule has 15 atom stereocenters.